The van der Waals surface area contributed by atoms with Gasteiger partial charge in [0.2, 0.25) is 0 Å². The fourth-order valence-corrected chi connectivity index (χ4v) is 6.95. The van der Waals surface area contributed by atoms with E-state index >= 15 is 0 Å². The molecule has 2 aliphatic rings. The minimum absolute atomic E-state index is 0.0832. The molecule has 4 rings (SSSR count). The third-order valence-corrected chi connectivity index (χ3v) is 8.77. The first-order chi connectivity index (χ1) is 15.9. The van der Waals surface area contributed by atoms with Crippen molar-refractivity contribution in [1.29, 1.82) is 0 Å². The van der Waals surface area contributed by atoms with E-state index in [0.29, 0.717) is 24.1 Å². The Balaban J connectivity index is 1.95. The second-order valence-electron chi connectivity index (χ2n) is 7.62. The van der Waals surface area contributed by atoms with Crippen LogP contribution in [0, 0.1) is 0 Å². The van der Waals surface area contributed by atoms with E-state index in [9.17, 15) is 18.4 Å². The van der Waals surface area contributed by atoms with Crippen LogP contribution < -0.4 is 11.4 Å². The molecule has 10 nitrogen and oxygen atoms in total. The molecule has 0 saturated heterocycles. The summed E-state index contributed by atoms with van der Waals surface area (Å²) in [5, 5.41) is -1.13. The Bertz CT molecular complexity index is 1240. The van der Waals surface area contributed by atoms with Gasteiger partial charge in [0.15, 0.2) is 5.37 Å². The van der Waals surface area contributed by atoms with Crippen molar-refractivity contribution in [3.8, 4) is 5.69 Å². The fourth-order valence-electron chi connectivity index (χ4n) is 4.44. The van der Waals surface area contributed by atoms with Crippen molar-refractivity contribution in [1.82, 2.24) is 13.9 Å². The van der Waals surface area contributed by atoms with Gasteiger partial charge in [-0.3, -0.25) is 13.3 Å². The summed E-state index contributed by atoms with van der Waals surface area (Å²) >= 11 is 0. The molecule has 0 spiro atoms. The highest BCUT2D eigenvalue weighted by Crippen LogP contribution is 2.56. The highest BCUT2D eigenvalue weighted by molar-refractivity contribution is 7.85. The normalized spacial score (nSPS) is 21.1. The highest BCUT2D eigenvalue weighted by Gasteiger charge is 2.46. The molecule has 0 radical (unpaired) electrons. The van der Waals surface area contributed by atoms with Crippen LogP contribution in [0.15, 0.2) is 51.3 Å². The highest BCUT2D eigenvalue weighted by atomic mass is 32.2. The van der Waals surface area contributed by atoms with Gasteiger partial charge in [0, 0.05) is 5.75 Å². The fraction of sp³-hybridized carbons (Fsp3) is 0.524. The average molecular weight is 498 g/mol. The van der Waals surface area contributed by atoms with Crippen LogP contribution >= 0.6 is 7.82 Å². The number of fused-ring (bicyclic) bond motifs is 3. The van der Waals surface area contributed by atoms with Crippen LogP contribution in [0.3, 0.4) is 0 Å². The van der Waals surface area contributed by atoms with Gasteiger partial charge < -0.3 is 4.52 Å². The first-order valence-corrected chi connectivity index (χ1v) is 13.9. The van der Waals surface area contributed by atoms with E-state index in [2.05, 4.69) is 0 Å². The molecule has 180 valence electrons. The quantitative estimate of drug-likeness (QED) is 0.489. The second-order valence-corrected chi connectivity index (χ2v) is 11.0. The monoisotopic (exact) mass is 497 g/mol. The summed E-state index contributed by atoms with van der Waals surface area (Å²) in [6.45, 7) is 5.21. The molecule has 1 aromatic heterocycles. The average Bonchev–Trinajstić information content (AvgIpc) is 3.37. The van der Waals surface area contributed by atoms with Crippen LogP contribution in [0.5, 0.6) is 0 Å². The Morgan fingerprint density at radius 1 is 1.03 bits per heavy atom. The van der Waals surface area contributed by atoms with Crippen LogP contribution in [0.4, 0.5) is 0 Å². The van der Waals surface area contributed by atoms with Gasteiger partial charge in [0.25, 0.3) is 0 Å². The molecule has 0 N–H and O–H groups in total. The molecule has 1 fully saturated rings. The van der Waals surface area contributed by atoms with Crippen LogP contribution in [0.2, 0.25) is 0 Å². The topological polar surface area (TPSA) is 111 Å². The molecule has 1 aliphatic heterocycles. The summed E-state index contributed by atoms with van der Waals surface area (Å²) in [7, 11) is -5.66. The van der Waals surface area contributed by atoms with E-state index in [1.54, 1.807) is 51.1 Å². The molecule has 0 amide bonds. The van der Waals surface area contributed by atoms with E-state index in [4.69, 9.17) is 13.6 Å². The standard InChI is InChI=1S/C21H28N3O7PS/c1-4-29-32(27,30-5-2)31-18-16-13-10-14-17(16)23-20(25)22(15-11-8-7-9-12-15)21(26)24(23)19(18)33(28)6-3/h7-9,11-12,17,19H,4-6,10,13-14H2,1-3H3/t17-,19+,33?/m0/s1. The Hall–Kier alpha value is -2.20. The zero-order chi connectivity index (χ0) is 23.8. The molecular formula is C21H28N3O7PS. The maximum absolute atomic E-state index is 13.6. The molecular weight excluding hydrogens is 469 g/mol. The molecule has 3 atom stereocenters. The number of hydrogen-bond donors (Lipinski definition) is 0. The second kappa shape index (κ2) is 9.58. The number of benzene rings is 1. The summed E-state index contributed by atoms with van der Waals surface area (Å²) in [5.41, 5.74) is -0.0220. The van der Waals surface area contributed by atoms with Gasteiger partial charge in [-0.05, 0) is 50.8 Å². The predicted octanol–water partition coefficient (Wildman–Crippen LogP) is 3.26. The van der Waals surface area contributed by atoms with Crippen molar-refractivity contribution in [2.24, 2.45) is 0 Å². The molecule has 1 aromatic carbocycles. The van der Waals surface area contributed by atoms with E-state index in [-0.39, 0.29) is 24.7 Å². The first kappa shape index (κ1) is 23.9. The Kier molecular flexibility index (Phi) is 6.95. The minimum atomic E-state index is -4.02. The van der Waals surface area contributed by atoms with Gasteiger partial charge >= 0.3 is 19.2 Å². The van der Waals surface area contributed by atoms with Crippen molar-refractivity contribution < 1.29 is 22.3 Å². The lowest BCUT2D eigenvalue weighted by Gasteiger charge is -2.33. The lowest BCUT2D eigenvalue weighted by Crippen LogP contribution is -2.40. The Morgan fingerprint density at radius 2 is 1.67 bits per heavy atom. The van der Waals surface area contributed by atoms with E-state index in [1.165, 1.54) is 9.36 Å². The smallest absolute Gasteiger partial charge is 0.405 e. The maximum atomic E-state index is 13.6. The number of hydrogen-bond acceptors (Lipinski definition) is 7. The maximum Gasteiger partial charge on any atom is 0.529 e. The lowest BCUT2D eigenvalue weighted by molar-refractivity contribution is 0.134. The number of phosphoric ester groups is 1. The van der Waals surface area contributed by atoms with Crippen molar-refractivity contribution >= 4 is 18.6 Å². The summed E-state index contributed by atoms with van der Waals surface area (Å²) in [6, 6.07) is 8.13. The van der Waals surface area contributed by atoms with Crippen LogP contribution in [-0.4, -0.2) is 37.1 Å². The molecule has 33 heavy (non-hydrogen) atoms. The molecule has 1 unspecified atom stereocenters. The zero-order valence-electron chi connectivity index (χ0n) is 18.8. The minimum Gasteiger partial charge on any atom is -0.405 e. The van der Waals surface area contributed by atoms with Crippen molar-refractivity contribution in [3.05, 3.63) is 62.6 Å². The predicted molar refractivity (Wildman–Crippen MR) is 124 cm³/mol. The van der Waals surface area contributed by atoms with Gasteiger partial charge in [-0.25, -0.2) is 28.1 Å². The number of nitrogens with zero attached hydrogens (tertiary/aromatic N) is 3. The molecule has 1 saturated carbocycles. The van der Waals surface area contributed by atoms with Crippen LogP contribution in [-0.2, 0) is 28.9 Å². The van der Waals surface area contributed by atoms with Crippen molar-refractivity contribution in [3.63, 3.8) is 0 Å². The van der Waals surface area contributed by atoms with Gasteiger partial charge in [-0.1, -0.05) is 25.1 Å². The summed E-state index contributed by atoms with van der Waals surface area (Å²) in [5.74, 6) is 0.343. The van der Waals surface area contributed by atoms with Gasteiger partial charge in [-0.2, -0.15) is 0 Å². The van der Waals surface area contributed by atoms with Crippen molar-refractivity contribution in [2.45, 2.75) is 51.4 Å². The summed E-state index contributed by atoms with van der Waals surface area (Å²) in [6.07, 6.45) is 1.90. The molecule has 0 bridgehead atoms. The summed E-state index contributed by atoms with van der Waals surface area (Å²) < 4.78 is 46.7. The molecule has 1 aliphatic carbocycles. The number of allylic oxidation sites excluding steroid dienone is 1. The molecule has 2 heterocycles. The zero-order valence-corrected chi connectivity index (χ0v) is 20.5. The molecule has 2 aromatic rings. The molecule has 12 heteroatoms. The summed E-state index contributed by atoms with van der Waals surface area (Å²) in [4.78, 5) is 27.0. The van der Waals surface area contributed by atoms with E-state index < -0.39 is 41.4 Å². The van der Waals surface area contributed by atoms with Gasteiger partial charge in [0.1, 0.15) is 5.76 Å². The van der Waals surface area contributed by atoms with E-state index in [1.807, 2.05) is 0 Å². The number of rotatable bonds is 9. The van der Waals surface area contributed by atoms with E-state index in [0.717, 1.165) is 11.0 Å². The Morgan fingerprint density at radius 3 is 2.27 bits per heavy atom. The third kappa shape index (κ3) is 4.12. The SMILES string of the molecule is CCOP(=O)(OCC)OC1=C2CCC[C@@H]2n2c(=O)n(-c3ccccc3)c(=O)n2[C@@H]1S(=O)CC. The van der Waals surface area contributed by atoms with Gasteiger partial charge in [0.05, 0.1) is 35.7 Å². The van der Waals surface area contributed by atoms with Crippen molar-refractivity contribution in [2.75, 3.05) is 19.0 Å². The third-order valence-electron chi connectivity index (χ3n) is 5.72. The number of aromatic nitrogens is 3. The lowest BCUT2D eigenvalue weighted by atomic mass is 10.1. The largest absolute Gasteiger partial charge is 0.529 e. The first-order valence-electron chi connectivity index (χ1n) is 11.1. The van der Waals surface area contributed by atoms with Crippen LogP contribution in [0.1, 0.15) is 51.4 Å². The van der Waals surface area contributed by atoms with Crippen LogP contribution in [0.25, 0.3) is 5.69 Å². The number of phosphoric acid groups is 1. The Labute approximate surface area is 193 Å². The number of para-hydroxylation sites is 1. The van der Waals surface area contributed by atoms with Gasteiger partial charge in [-0.15, -0.1) is 0 Å².